The number of rotatable bonds is 4. The summed E-state index contributed by atoms with van der Waals surface area (Å²) in [5.74, 6) is -0.965. The molecular weight excluding hydrogens is 192 g/mol. The molecule has 0 atom stereocenters. The first-order valence-electron chi connectivity index (χ1n) is 4.10. The lowest BCUT2D eigenvalue weighted by molar-refractivity contribution is -0.804. The Morgan fingerprint density at radius 1 is 1.57 bits per heavy atom. The fraction of sp³-hybridized carbons (Fsp3) is 0.571. The molecule has 0 fully saturated rings. The molecule has 1 heterocycles. The van der Waals surface area contributed by atoms with E-state index < -0.39 is 5.97 Å². The van der Waals surface area contributed by atoms with Crippen molar-refractivity contribution in [2.45, 2.75) is 13.8 Å². The van der Waals surface area contributed by atoms with Crippen molar-refractivity contribution in [1.82, 2.24) is 5.16 Å². The summed E-state index contributed by atoms with van der Waals surface area (Å²) in [6.45, 7) is 3.76. The third-order valence-corrected chi connectivity index (χ3v) is 1.33. The molecule has 0 radical (unpaired) electrons. The van der Waals surface area contributed by atoms with Crippen LogP contribution in [0.4, 0.5) is 0 Å². The van der Waals surface area contributed by atoms with Crippen molar-refractivity contribution in [3.8, 4) is 5.88 Å². The average Bonchev–Trinajstić information content (AvgIpc) is 2.48. The van der Waals surface area contributed by atoms with Crippen molar-refractivity contribution in [3.05, 3.63) is 10.9 Å². The number of aromatic nitrogens is 2. The zero-order chi connectivity index (χ0) is 10.6. The van der Waals surface area contributed by atoms with Crippen LogP contribution in [0.5, 0.6) is 5.88 Å². The van der Waals surface area contributed by atoms with E-state index >= 15 is 0 Å². The highest BCUT2D eigenvalue weighted by Crippen LogP contribution is 2.11. The molecule has 7 heteroatoms. The highest BCUT2D eigenvalue weighted by atomic mass is 16.8. The van der Waals surface area contributed by atoms with Crippen molar-refractivity contribution < 1.29 is 23.8 Å². The summed E-state index contributed by atoms with van der Waals surface area (Å²) in [6.07, 6.45) is 0. The van der Waals surface area contributed by atoms with Crippen molar-refractivity contribution in [2.24, 2.45) is 0 Å². The predicted octanol–water partition coefficient (Wildman–Crippen LogP) is -0.117. The molecule has 0 saturated heterocycles. The van der Waals surface area contributed by atoms with Gasteiger partial charge < -0.3 is 14.7 Å². The highest BCUT2D eigenvalue weighted by Gasteiger charge is 2.29. The van der Waals surface area contributed by atoms with Crippen LogP contribution in [-0.2, 0) is 4.74 Å². The van der Waals surface area contributed by atoms with Crippen LogP contribution in [-0.4, -0.2) is 24.3 Å². The molecule has 0 aliphatic rings. The van der Waals surface area contributed by atoms with Gasteiger partial charge in [-0.25, -0.2) is 4.79 Å². The zero-order valence-corrected chi connectivity index (χ0v) is 7.85. The topological polar surface area (TPSA) is 88.5 Å². The third-order valence-electron chi connectivity index (χ3n) is 1.33. The van der Waals surface area contributed by atoms with E-state index in [0.717, 1.165) is 0 Å². The number of nitrogens with zero attached hydrogens (tertiary/aromatic N) is 2. The molecule has 0 bridgehead atoms. The standard InChI is InChI=1S/C7H10N2O5/c1-3-12-6-5(7(10)13-4-2)9(11)14-8-6/h3-4H2,1-2H3. The summed E-state index contributed by atoms with van der Waals surface area (Å²) in [4.78, 5) is 11.2. The van der Waals surface area contributed by atoms with E-state index in [9.17, 15) is 10.0 Å². The monoisotopic (exact) mass is 202 g/mol. The van der Waals surface area contributed by atoms with Crippen LogP contribution in [0.25, 0.3) is 0 Å². The minimum atomic E-state index is -0.813. The predicted molar refractivity (Wildman–Crippen MR) is 42.6 cm³/mol. The Morgan fingerprint density at radius 2 is 2.29 bits per heavy atom. The molecule has 0 N–H and O–H groups in total. The summed E-state index contributed by atoms with van der Waals surface area (Å²) < 4.78 is 13.7. The molecule has 1 rings (SSSR count). The van der Waals surface area contributed by atoms with Crippen LogP contribution in [0.3, 0.4) is 0 Å². The summed E-state index contributed by atoms with van der Waals surface area (Å²) in [5, 5.41) is 14.2. The fourth-order valence-electron chi connectivity index (χ4n) is 0.829. The van der Waals surface area contributed by atoms with Crippen LogP contribution in [0, 0.1) is 5.21 Å². The smallest absolute Gasteiger partial charge is 0.410 e. The van der Waals surface area contributed by atoms with Gasteiger partial charge in [-0.3, -0.25) is 4.63 Å². The molecular formula is C7H10N2O5. The maximum Gasteiger partial charge on any atom is 0.410 e. The molecule has 0 saturated carbocycles. The van der Waals surface area contributed by atoms with Gasteiger partial charge in [0, 0.05) is 0 Å². The molecule has 0 aliphatic heterocycles. The second-order valence-corrected chi connectivity index (χ2v) is 2.24. The van der Waals surface area contributed by atoms with Gasteiger partial charge in [0.25, 0.3) is 0 Å². The minimum absolute atomic E-state index is 0.0387. The van der Waals surface area contributed by atoms with Gasteiger partial charge in [0.1, 0.15) is 0 Å². The molecule has 14 heavy (non-hydrogen) atoms. The Balaban J connectivity index is 2.92. The number of carbonyl (C=O) groups is 1. The first kappa shape index (κ1) is 10.3. The number of esters is 1. The molecule has 0 amide bonds. The first-order valence-corrected chi connectivity index (χ1v) is 4.10. The lowest BCUT2D eigenvalue weighted by Gasteiger charge is -1.98. The summed E-state index contributed by atoms with van der Waals surface area (Å²) >= 11 is 0. The van der Waals surface area contributed by atoms with Crippen LogP contribution in [0.1, 0.15) is 24.3 Å². The van der Waals surface area contributed by atoms with Crippen molar-refractivity contribution in [1.29, 1.82) is 0 Å². The SMILES string of the molecule is CCOC(=O)c1c(OCC)no[n+]1[O-]. The maximum absolute atomic E-state index is 11.2. The van der Waals surface area contributed by atoms with Gasteiger partial charge in [0.2, 0.25) is 0 Å². The minimum Gasteiger partial charge on any atom is -0.459 e. The van der Waals surface area contributed by atoms with Crippen LogP contribution in [0.15, 0.2) is 4.63 Å². The molecule has 78 valence electrons. The van der Waals surface area contributed by atoms with Gasteiger partial charge in [-0.2, -0.15) is 0 Å². The van der Waals surface area contributed by atoms with E-state index in [4.69, 9.17) is 4.74 Å². The third kappa shape index (κ3) is 1.93. The summed E-state index contributed by atoms with van der Waals surface area (Å²) in [5.41, 5.74) is -0.367. The molecule has 0 aliphatic carbocycles. The van der Waals surface area contributed by atoms with Gasteiger partial charge in [0.05, 0.1) is 18.4 Å². The van der Waals surface area contributed by atoms with Gasteiger partial charge in [0.15, 0.2) is 0 Å². The van der Waals surface area contributed by atoms with E-state index in [-0.39, 0.29) is 29.7 Å². The molecule has 0 spiro atoms. The zero-order valence-electron chi connectivity index (χ0n) is 7.85. The number of carbonyl (C=O) groups excluding carboxylic acids is 1. The van der Waals surface area contributed by atoms with E-state index in [2.05, 4.69) is 14.5 Å². The fourth-order valence-corrected chi connectivity index (χ4v) is 0.829. The highest BCUT2D eigenvalue weighted by molar-refractivity contribution is 5.87. The van der Waals surface area contributed by atoms with Gasteiger partial charge in [-0.05, 0) is 18.8 Å². The number of hydrogen-bond donors (Lipinski definition) is 0. The Kier molecular flexibility index (Phi) is 3.27. The Hall–Kier alpha value is -1.79. The molecule has 0 aromatic carbocycles. The molecule has 7 nitrogen and oxygen atoms in total. The quantitative estimate of drug-likeness (QED) is 0.499. The normalized spacial score (nSPS) is 9.86. The van der Waals surface area contributed by atoms with Crippen molar-refractivity contribution in [3.63, 3.8) is 0 Å². The Morgan fingerprint density at radius 3 is 2.86 bits per heavy atom. The van der Waals surface area contributed by atoms with E-state index in [1.165, 1.54) is 0 Å². The largest absolute Gasteiger partial charge is 0.459 e. The Bertz CT molecular complexity index is 322. The maximum atomic E-state index is 11.2. The van der Waals surface area contributed by atoms with Crippen LogP contribution < -0.4 is 9.64 Å². The lowest BCUT2D eigenvalue weighted by atomic mass is 10.4. The van der Waals surface area contributed by atoms with Gasteiger partial charge in [-0.1, -0.05) is 0 Å². The summed E-state index contributed by atoms with van der Waals surface area (Å²) in [6, 6.07) is 0. The lowest BCUT2D eigenvalue weighted by Crippen LogP contribution is -2.32. The molecule has 1 aromatic rings. The first-order chi connectivity index (χ1) is 6.70. The van der Waals surface area contributed by atoms with Crippen LogP contribution in [0.2, 0.25) is 0 Å². The average molecular weight is 202 g/mol. The van der Waals surface area contributed by atoms with E-state index in [0.29, 0.717) is 0 Å². The van der Waals surface area contributed by atoms with Crippen molar-refractivity contribution >= 4 is 5.97 Å². The number of ether oxygens (including phenoxy) is 2. The van der Waals surface area contributed by atoms with E-state index in [1.54, 1.807) is 13.8 Å². The van der Waals surface area contributed by atoms with Crippen molar-refractivity contribution in [2.75, 3.05) is 13.2 Å². The second kappa shape index (κ2) is 4.45. The number of hydrogen-bond acceptors (Lipinski definition) is 6. The second-order valence-electron chi connectivity index (χ2n) is 2.24. The van der Waals surface area contributed by atoms with Gasteiger partial charge >= 0.3 is 17.5 Å². The summed E-state index contributed by atoms with van der Waals surface area (Å²) in [7, 11) is 0. The van der Waals surface area contributed by atoms with Gasteiger partial charge in [-0.15, -0.1) is 0 Å². The Labute approximate surface area is 79.7 Å². The van der Waals surface area contributed by atoms with E-state index in [1.807, 2.05) is 0 Å². The van der Waals surface area contributed by atoms with Crippen LogP contribution >= 0.6 is 0 Å². The molecule has 1 aromatic heterocycles. The molecule has 0 unspecified atom stereocenters.